The van der Waals surface area contributed by atoms with Crippen LogP contribution in [0.5, 0.6) is 0 Å². The van der Waals surface area contributed by atoms with Gasteiger partial charge in [0.05, 0.1) is 27.7 Å². The average Bonchev–Trinajstić information content (AvgIpc) is 3.19. The Morgan fingerprint density at radius 2 is 1.12 bits per heavy atom. The molecule has 0 fully saturated rings. The Bertz CT molecular complexity index is 2100. The van der Waals surface area contributed by atoms with Crippen LogP contribution in [-0.4, -0.2) is 22.9 Å². The second-order valence-electron chi connectivity index (χ2n) is 12.3. The largest absolute Gasteiger partial charge is 0.251 e. The Hall–Kier alpha value is -4.44. The van der Waals surface area contributed by atoms with Crippen LogP contribution in [0.4, 0.5) is 0 Å². The lowest BCUT2D eigenvalue weighted by Gasteiger charge is -2.33. The van der Waals surface area contributed by atoms with Crippen LogP contribution in [0, 0.1) is 0 Å². The van der Waals surface area contributed by atoms with Crippen LogP contribution in [0.2, 0.25) is 0 Å². The van der Waals surface area contributed by atoms with Gasteiger partial charge in [-0.3, -0.25) is 9.97 Å². The number of aromatic nitrogens is 2. The van der Waals surface area contributed by atoms with Gasteiger partial charge in [0.2, 0.25) is 0 Å². The molecular weight excluding hydrogens is 661 g/mol. The molecule has 0 amide bonds. The predicted molar refractivity (Wildman–Crippen MR) is 225 cm³/mol. The van der Waals surface area contributed by atoms with Crippen molar-refractivity contribution >= 4 is 60.5 Å². The highest BCUT2D eigenvalue weighted by molar-refractivity contribution is 8.38. The highest BCUT2D eigenvalue weighted by Gasteiger charge is 2.36. The van der Waals surface area contributed by atoms with Crippen molar-refractivity contribution in [3.8, 4) is 0 Å². The number of rotatable bonds is 12. The Kier molecular flexibility index (Phi) is 11.4. The maximum atomic E-state index is 5.62. The molecule has 5 heteroatoms. The van der Waals surface area contributed by atoms with Crippen molar-refractivity contribution in [2.45, 2.75) is 19.3 Å². The van der Waals surface area contributed by atoms with E-state index in [1.165, 1.54) is 21.2 Å². The van der Waals surface area contributed by atoms with Gasteiger partial charge in [-0.1, -0.05) is 176 Å². The predicted octanol–water partition coefficient (Wildman–Crippen LogP) is 8.98. The van der Waals surface area contributed by atoms with E-state index in [4.69, 9.17) is 16.3 Å². The lowest BCUT2D eigenvalue weighted by molar-refractivity contribution is 0.629. The second kappa shape index (κ2) is 16.1. The number of nitrogens with zero attached hydrogens (tertiary/aromatic N) is 2. The molecular formula is C45H43N2P3. The minimum atomic E-state index is -2.31. The van der Waals surface area contributed by atoms with Crippen molar-refractivity contribution < 1.29 is 0 Å². The molecule has 0 aliphatic carbocycles. The molecule has 50 heavy (non-hydrogen) atoms. The van der Waals surface area contributed by atoms with Crippen LogP contribution in [0.25, 0.3) is 0 Å². The summed E-state index contributed by atoms with van der Waals surface area (Å²) >= 11 is 0. The number of allylic oxidation sites excluding steroid dienone is 5. The van der Waals surface area contributed by atoms with Crippen LogP contribution in [0.3, 0.4) is 0 Å². The zero-order valence-electron chi connectivity index (χ0n) is 29.0. The van der Waals surface area contributed by atoms with Gasteiger partial charge in [-0.05, 0) is 80.5 Å². The summed E-state index contributed by atoms with van der Waals surface area (Å²) in [5.41, 5.74) is 4.57. The first kappa shape index (κ1) is 35.4. The zero-order chi connectivity index (χ0) is 35.0. The molecule has 0 bridgehead atoms. The van der Waals surface area contributed by atoms with Gasteiger partial charge in [0.15, 0.2) is 0 Å². The lowest BCUT2D eigenvalue weighted by atomic mass is 9.76. The average molecular weight is 705 g/mol. The van der Waals surface area contributed by atoms with E-state index in [0.717, 1.165) is 27.8 Å². The summed E-state index contributed by atoms with van der Waals surface area (Å²) < 4.78 is 0. The van der Waals surface area contributed by atoms with Crippen LogP contribution in [0.1, 0.15) is 25.2 Å². The third kappa shape index (κ3) is 7.22. The highest BCUT2D eigenvalue weighted by Crippen LogP contribution is 2.63. The van der Waals surface area contributed by atoms with Crippen molar-refractivity contribution in [3.63, 3.8) is 0 Å². The van der Waals surface area contributed by atoms with Crippen LogP contribution in [0.15, 0.2) is 194 Å². The normalized spacial score (nSPS) is 14.5. The van der Waals surface area contributed by atoms with Gasteiger partial charge in [-0.25, -0.2) is 0 Å². The van der Waals surface area contributed by atoms with Gasteiger partial charge in [-0.2, -0.15) is 0 Å². The second-order valence-corrected chi connectivity index (χ2v) is 21.6. The number of benzene rings is 4. The van der Waals surface area contributed by atoms with Crippen molar-refractivity contribution in [2.75, 3.05) is 6.66 Å². The fraction of sp³-hybridized carbons (Fsp3) is 0.0889. The molecule has 6 rings (SSSR count). The summed E-state index contributed by atoms with van der Waals surface area (Å²) in [6.07, 6.45) is 13.0. The minimum Gasteiger partial charge on any atom is -0.251 e. The molecule has 2 nitrogen and oxygen atoms in total. The van der Waals surface area contributed by atoms with Gasteiger partial charge >= 0.3 is 0 Å². The molecule has 4 aromatic carbocycles. The molecule has 0 aliphatic heterocycles. The van der Waals surface area contributed by atoms with Gasteiger partial charge in [-0.15, -0.1) is 0 Å². The molecule has 0 aliphatic rings. The SMILES string of the molecule is C=C/C=C\C=C(/C)C(C)(c1cccc(P(c2ccccc2)P(C)c2ccccc2)n1)c1cccc(P(=C)(c2ccccc2)c2ccccc2)n1. The Morgan fingerprint density at radius 3 is 1.68 bits per heavy atom. The molecule has 2 heterocycles. The van der Waals surface area contributed by atoms with Crippen molar-refractivity contribution in [3.05, 3.63) is 206 Å². The summed E-state index contributed by atoms with van der Waals surface area (Å²) in [7, 11) is -1.30. The van der Waals surface area contributed by atoms with Crippen molar-refractivity contribution in [1.29, 1.82) is 0 Å². The smallest absolute Gasteiger partial charge is 0.0729 e. The molecule has 3 unspecified atom stereocenters. The van der Waals surface area contributed by atoms with E-state index in [9.17, 15) is 0 Å². The summed E-state index contributed by atoms with van der Waals surface area (Å²) in [6, 6.07) is 56.2. The van der Waals surface area contributed by atoms with Crippen LogP contribution >= 0.6 is 22.1 Å². The Balaban J connectivity index is 1.55. The standard InChI is InChI=1S/C45H43N2P3/c1-6-7-12-23-36(2)45(3,42-33-22-35-44(47-42)50(5,39-28-17-10-18-29-39)40-30-19-11-20-31-40)41-32-21-34-43(46-41)49(38-26-15-9-16-27-38)48(4)37-24-13-8-14-25-37/h6-35H,1,5H2,2-4H3/b12-7-,36-23+. The van der Waals surface area contributed by atoms with Crippen molar-refractivity contribution in [1.82, 2.24) is 9.97 Å². The molecule has 0 saturated carbocycles. The first-order valence-corrected chi connectivity index (χ1v) is 22.6. The highest BCUT2D eigenvalue weighted by atomic mass is 32.1. The fourth-order valence-electron chi connectivity index (χ4n) is 6.28. The third-order valence-corrected chi connectivity index (χ3v) is 19.6. The Labute approximate surface area is 300 Å². The summed E-state index contributed by atoms with van der Waals surface area (Å²) in [5, 5.41) is 5.11. The van der Waals surface area contributed by atoms with Crippen LogP contribution in [-0.2, 0) is 5.41 Å². The third-order valence-electron chi connectivity index (χ3n) is 9.31. The first-order valence-electron chi connectivity index (χ1n) is 16.8. The monoisotopic (exact) mass is 704 g/mol. The maximum Gasteiger partial charge on any atom is 0.0729 e. The van der Waals surface area contributed by atoms with E-state index in [1.54, 1.807) is 6.08 Å². The van der Waals surface area contributed by atoms with Gasteiger partial charge in [0, 0.05) is 7.61 Å². The van der Waals surface area contributed by atoms with E-state index in [1.807, 2.05) is 6.08 Å². The first-order chi connectivity index (χ1) is 24.4. The van der Waals surface area contributed by atoms with Crippen LogP contribution < -0.4 is 32.1 Å². The Morgan fingerprint density at radius 1 is 0.620 bits per heavy atom. The fourth-order valence-corrected chi connectivity index (χ4v) is 15.5. The van der Waals surface area contributed by atoms with Gasteiger partial charge in [0.1, 0.15) is 0 Å². The van der Waals surface area contributed by atoms with E-state index in [2.05, 4.69) is 197 Å². The number of hydrogen-bond donors (Lipinski definition) is 0. The minimum absolute atomic E-state index is 0.547. The van der Waals surface area contributed by atoms with E-state index in [0.29, 0.717) is 0 Å². The lowest BCUT2D eigenvalue weighted by Crippen LogP contribution is -2.34. The summed E-state index contributed by atoms with van der Waals surface area (Å²) in [4.78, 5) is 11.2. The summed E-state index contributed by atoms with van der Waals surface area (Å²) in [6.45, 7) is 8.44. The zero-order valence-corrected chi connectivity index (χ0v) is 31.7. The van der Waals surface area contributed by atoms with Gasteiger partial charge < -0.3 is 0 Å². The topological polar surface area (TPSA) is 25.8 Å². The molecule has 0 spiro atoms. The molecule has 3 atom stereocenters. The molecule has 0 saturated heterocycles. The van der Waals surface area contributed by atoms with E-state index >= 15 is 0 Å². The maximum absolute atomic E-state index is 5.62. The molecule has 248 valence electrons. The molecule has 6 aromatic rings. The molecule has 0 radical (unpaired) electrons. The number of pyridine rings is 2. The van der Waals surface area contributed by atoms with E-state index in [-0.39, 0.29) is 0 Å². The van der Waals surface area contributed by atoms with Gasteiger partial charge in [0.25, 0.3) is 0 Å². The molecule has 0 N–H and O–H groups in total. The quantitative estimate of drug-likeness (QED) is 0.0940. The summed E-state index contributed by atoms with van der Waals surface area (Å²) in [5.74, 6) is 0. The number of hydrogen-bond acceptors (Lipinski definition) is 2. The van der Waals surface area contributed by atoms with E-state index < -0.39 is 27.5 Å². The van der Waals surface area contributed by atoms with Crippen molar-refractivity contribution in [2.24, 2.45) is 0 Å². The molecule has 2 aromatic heterocycles.